The van der Waals surface area contributed by atoms with Crippen LogP contribution in [0.2, 0.25) is 0 Å². The maximum absolute atomic E-state index is 12.2. The van der Waals surface area contributed by atoms with Crippen LogP contribution >= 0.6 is 0 Å². The Hall–Kier alpha value is -4.12. The van der Waals surface area contributed by atoms with Gasteiger partial charge < -0.3 is 21.1 Å². The average Bonchev–Trinajstić information content (AvgIpc) is 2.63. The molecule has 8 heteroatoms. The van der Waals surface area contributed by atoms with Crippen molar-refractivity contribution in [2.24, 2.45) is 0 Å². The summed E-state index contributed by atoms with van der Waals surface area (Å²) in [4.78, 5) is 34.1. The van der Waals surface area contributed by atoms with Crippen LogP contribution in [0.3, 0.4) is 0 Å². The van der Waals surface area contributed by atoms with Crippen LogP contribution in [-0.2, 0) is 9.59 Å². The molecule has 0 aromatic heterocycles. The largest absolute Gasteiger partial charge is 0.478 e. The van der Waals surface area contributed by atoms with E-state index < -0.39 is 11.9 Å². The van der Waals surface area contributed by atoms with Gasteiger partial charge in [-0.2, -0.15) is 5.26 Å². The number of benzene rings is 2. The summed E-state index contributed by atoms with van der Waals surface area (Å²) in [5.41, 5.74) is 1.34. The normalized spacial score (nSPS) is 10.4. The molecule has 0 fully saturated rings. The Balaban J connectivity index is 2.06. The molecule has 0 aliphatic heterocycles. The first-order valence-corrected chi connectivity index (χ1v) is 7.78. The van der Waals surface area contributed by atoms with Crippen molar-refractivity contribution in [3.63, 3.8) is 0 Å². The van der Waals surface area contributed by atoms with Crippen molar-refractivity contribution in [2.75, 3.05) is 16.0 Å². The zero-order valence-electron chi connectivity index (χ0n) is 14.3. The molecule has 2 rings (SSSR count). The van der Waals surface area contributed by atoms with E-state index in [2.05, 4.69) is 16.0 Å². The minimum absolute atomic E-state index is 0.0793. The number of nitrogens with one attached hydrogen (secondary N) is 3. The predicted octanol–water partition coefficient (Wildman–Crippen LogP) is 2.80. The smallest absolute Gasteiger partial charge is 0.335 e. The molecular formula is C19H16N4O4. The first-order chi connectivity index (χ1) is 12.9. The van der Waals surface area contributed by atoms with Gasteiger partial charge in [0, 0.05) is 30.2 Å². The van der Waals surface area contributed by atoms with E-state index in [9.17, 15) is 19.6 Å². The summed E-state index contributed by atoms with van der Waals surface area (Å²) in [6, 6.07) is 14.1. The van der Waals surface area contributed by atoms with Gasteiger partial charge in [0.25, 0.3) is 5.91 Å². The summed E-state index contributed by atoms with van der Waals surface area (Å²) < 4.78 is 0. The van der Waals surface area contributed by atoms with Crippen molar-refractivity contribution >= 4 is 34.8 Å². The molecule has 0 bridgehead atoms. The van der Waals surface area contributed by atoms with E-state index >= 15 is 0 Å². The second kappa shape index (κ2) is 8.82. The number of hydrogen-bond donors (Lipinski definition) is 4. The monoisotopic (exact) mass is 364 g/mol. The van der Waals surface area contributed by atoms with Gasteiger partial charge >= 0.3 is 5.97 Å². The number of anilines is 3. The van der Waals surface area contributed by atoms with E-state index in [-0.39, 0.29) is 17.0 Å². The number of carbonyl (C=O) groups excluding carboxylic acids is 2. The molecule has 0 radical (unpaired) electrons. The van der Waals surface area contributed by atoms with Gasteiger partial charge in [-0.05, 0) is 42.5 Å². The van der Waals surface area contributed by atoms with Gasteiger partial charge in [-0.15, -0.1) is 0 Å². The van der Waals surface area contributed by atoms with Gasteiger partial charge in [0.2, 0.25) is 5.91 Å². The van der Waals surface area contributed by atoms with Gasteiger partial charge in [0.15, 0.2) is 0 Å². The van der Waals surface area contributed by atoms with Crippen LogP contribution in [0.15, 0.2) is 60.3 Å². The highest BCUT2D eigenvalue weighted by molar-refractivity contribution is 6.06. The highest BCUT2D eigenvalue weighted by Crippen LogP contribution is 2.15. The van der Waals surface area contributed by atoms with Crippen LogP contribution in [0.5, 0.6) is 0 Å². The topological polar surface area (TPSA) is 131 Å². The van der Waals surface area contributed by atoms with Crippen LogP contribution < -0.4 is 16.0 Å². The zero-order valence-corrected chi connectivity index (χ0v) is 14.3. The molecule has 27 heavy (non-hydrogen) atoms. The molecular weight excluding hydrogens is 348 g/mol. The fourth-order valence-electron chi connectivity index (χ4n) is 2.08. The lowest BCUT2D eigenvalue weighted by Crippen LogP contribution is -2.14. The van der Waals surface area contributed by atoms with Gasteiger partial charge in [-0.3, -0.25) is 9.59 Å². The molecule has 0 heterocycles. The maximum Gasteiger partial charge on any atom is 0.335 e. The molecule has 2 aromatic rings. The van der Waals surface area contributed by atoms with E-state index in [1.165, 1.54) is 25.3 Å². The summed E-state index contributed by atoms with van der Waals surface area (Å²) >= 11 is 0. The SMILES string of the molecule is CC(=O)Nc1ccc(NC(=O)/C(C#N)=C\Nc2cccc(C(=O)O)c2)cc1. The van der Waals surface area contributed by atoms with Crippen molar-refractivity contribution in [2.45, 2.75) is 6.92 Å². The lowest BCUT2D eigenvalue weighted by Gasteiger charge is -2.07. The molecule has 0 aliphatic rings. The summed E-state index contributed by atoms with van der Waals surface area (Å²) in [5, 5.41) is 26.0. The summed E-state index contributed by atoms with van der Waals surface area (Å²) in [6.07, 6.45) is 1.20. The number of rotatable bonds is 6. The van der Waals surface area contributed by atoms with E-state index in [4.69, 9.17) is 5.11 Å². The molecule has 0 spiro atoms. The van der Waals surface area contributed by atoms with E-state index in [0.717, 1.165) is 0 Å². The second-order valence-corrected chi connectivity index (χ2v) is 5.41. The molecule has 2 amide bonds. The number of aromatic carboxylic acids is 1. The Morgan fingerprint density at radius 3 is 2.19 bits per heavy atom. The van der Waals surface area contributed by atoms with Gasteiger partial charge in [0.1, 0.15) is 11.6 Å². The Kier molecular flexibility index (Phi) is 6.28. The Morgan fingerprint density at radius 2 is 1.63 bits per heavy atom. The number of carbonyl (C=O) groups is 3. The average molecular weight is 364 g/mol. The van der Waals surface area contributed by atoms with Crippen LogP contribution in [0, 0.1) is 11.3 Å². The number of nitrogens with zero attached hydrogens (tertiary/aromatic N) is 1. The molecule has 8 nitrogen and oxygen atoms in total. The van der Waals surface area contributed by atoms with Crippen molar-refractivity contribution in [3.05, 3.63) is 65.9 Å². The van der Waals surface area contributed by atoms with Gasteiger partial charge in [-0.1, -0.05) is 6.07 Å². The van der Waals surface area contributed by atoms with Crippen molar-refractivity contribution < 1.29 is 19.5 Å². The number of carboxylic acids is 1. The van der Waals surface area contributed by atoms with Crippen molar-refractivity contribution in [1.29, 1.82) is 5.26 Å². The standard InChI is InChI=1S/C19H16N4O4/c1-12(24)22-15-5-7-16(8-6-15)23-18(25)14(10-20)11-21-17-4-2-3-13(9-17)19(26)27/h2-9,11,21H,1H3,(H,22,24)(H,23,25)(H,26,27)/b14-11-. The molecule has 0 unspecified atom stereocenters. The lowest BCUT2D eigenvalue weighted by molar-refractivity contribution is -0.114. The van der Waals surface area contributed by atoms with Crippen molar-refractivity contribution in [1.82, 2.24) is 0 Å². The minimum atomic E-state index is -1.08. The fourth-order valence-corrected chi connectivity index (χ4v) is 2.08. The second-order valence-electron chi connectivity index (χ2n) is 5.41. The van der Waals surface area contributed by atoms with Crippen LogP contribution in [0.4, 0.5) is 17.1 Å². The molecule has 0 atom stereocenters. The van der Waals surface area contributed by atoms with Gasteiger partial charge in [0.05, 0.1) is 5.56 Å². The Morgan fingerprint density at radius 1 is 1.00 bits per heavy atom. The van der Waals surface area contributed by atoms with Crippen LogP contribution in [-0.4, -0.2) is 22.9 Å². The highest BCUT2D eigenvalue weighted by Gasteiger charge is 2.10. The third-order valence-corrected chi connectivity index (χ3v) is 3.32. The molecule has 0 aliphatic carbocycles. The molecule has 0 saturated carbocycles. The third kappa shape index (κ3) is 5.72. The molecule has 0 saturated heterocycles. The third-order valence-electron chi connectivity index (χ3n) is 3.32. The zero-order chi connectivity index (χ0) is 19.8. The molecule has 4 N–H and O–H groups in total. The van der Waals surface area contributed by atoms with E-state index in [1.807, 2.05) is 0 Å². The fraction of sp³-hybridized carbons (Fsp3) is 0.0526. The maximum atomic E-state index is 12.2. The van der Waals surface area contributed by atoms with Crippen LogP contribution in [0.25, 0.3) is 0 Å². The Labute approximate surface area is 155 Å². The summed E-state index contributed by atoms with van der Waals surface area (Å²) in [6.45, 7) is 1.39. The van der Waals surface area contributed by atoms with Gasteiger partial charge in [-0.25, -0.2) is 4.79 Å². The first kappa shape index (κ1) is 19.2. The Bertz CT molecular complexity index is 943. The van der Waals surface area contributed by atoms with E-state index in [0.29, 0.717) is 17.1 Å². The summed E-state index contributed by atoms with van der Waals surface area (Å²) in [7, 11) is 0. The van der Waals surface area contributed by atoms with E-state index in [1.54, 1.807) is 42.5 Å². The number of hydrogen-bond acceptors (Lipinski definition) is 5. The molecule has 2 aromatic carbocycles. The number of nitriles is 1. The number of amides is 2. The quantitative estimate of drug-likeness (QED) is 0.460. The molecule has 136 valence electrons. The van der Waals surface area contributed by atoms with Crippen LogP contribution in [0.1, 0.15) is 17.3 Å². The summed E-state index contributed by atoms with van der Waals surface area (Å²) in [5.74, 6) is -1.92. The first-order valence-electron chi connectivity index (χ1n) is 7.78. The van der Waals surface area contributed by atoms with Crippen molar-refractivity contribution in [3.8, 4) is 6.07 Å². The lowest BCUT2D eigenvalue weighted by atomic mass is 10.2. The minimum Gasteiger partial charge on any atom is -0.478 e. The highest BCUT2D eigenvalue weighted by atomic mass is 16.4. The number of carboxylic acid groups (broad SMARTS) is 1. The predicted molar refractivity (Wildman–Crippen MR) is 100 cm³/mol.